The maximum absolute atomic E-state index is 5.49. The topological polar surface area (TPSA) is 12.5 Å². The fraction of sp³-hybridized carbons (Fsp3) is 1.00. The summed E-state index contributed by atoms with van der Waals surface area (Å²) in [5.74, 6) is 0.934. The van der Waals surface area contributed by atoms with Gasteiger partial charge < -0.3 is 9.64 Å². The van der Waals surface area contributed by atoms with E-state index in [0.29, 0.717) is 0 Å². The van der Waals surface area contributed by atoms with E-state index >= 15 is 0 Å². The maximum atomic E-state index is 5.49. The molecule has 84 valence electrons. The fourth-order valence-corrected chi connectivity index (χ4v) is 1.81. The summed E-state index contributed by atoms with van der Waals surface area (Å²) >= 11 is 4.14. The van der Waals surface area contributed by atoms with Gasteiger partial charge >= 0.3 is 0 Å². The second kappa shape index (κ2) is 7.55. The SMILES string of the molecule is CCN(CCCOCCCS)C1CC1. The second-order valence-corrected chi connectivity index (χ2v) is 4.35. The molecule has 0 aromatic carbocycles. The molecule has 0 radical (unpaired) electrons. The van der Waals surface area contributed by atoms with Gasteiger partial charge in [0.1, 0.15) is 0 Å². The Morgan fingerprint density at radius 2 is 2.00 bits per heavy atom. The van der Waals surface area contributed by atoms with E-state index in [1.54, 1.807) is 0 Å². The van der Waals surface area contributed by atoms with Gasteiger partial charge in [-0.2, -0.15) is 12.6 Å². The van der Waals surface area contributed by atoms with Gasteiger partial charge in [0.2, 0.25) is 0 Å². The number of nitrogens with zero attached hydrogens (tertiary/aromatic N) is 1. The van der Waals surface area contributed by atoms with Gasteiger partial charge in [0.25, 0.3) is 0 Å². The van der Waals surface area contributed by atoms with Crippen LogP contribution in [0.25, 0.3) is 0 Å². The Morgan fingerprint density at radius 3 is 2.57 bits per heavy atom. The Balaban J connectivity index is 1.86. The number of rotatable bonds is 9. The monoisotopic (exact) mass is 217 g/mol. The largest absolute Gasteiger partial charge is 0.381 e. The van der Waals surface area contributed by atoms with Crippen LogP contribution in [-0.4, -0.2) is 43.0 Å². The maximum Gasteiger partial charge on any atom is 0.0478 e. The van der Waals surface area contributed by atoms with Gasteiger partial charge in [-0.1, -0.05) is 6.92 Å². The first-order valence-electron chi connectivity index (χ1n) is 5.81. The molecule has 1 saturated carbocycles. The molecule has 0 amide bonds. The van der Waals surface area contributed by atoms with Crippen molar-refractivity contribution in [1.29, 1.82) is 0 Å². The predicted octanol–water partition coefficient (Wildman–Crippen LogP) is 2.20. The first kappa shape index (κ1) is 12.3. The van der Waals surface area contributed by atoms with Crippen molar-refractivity contribution in [1.82, 2.24) is 4.90 Å². The second-order valence-electron chi connectivity index (χ2n) is 3.90. The Hall–Kier alpha value is 0.270. The van der Waals surface area contributed by atoms with Crippen molar-refractivity contribution in [3.05, 3.63) is 0 Å². The van der Waals surface area contributed by atoms with Gasteiger partial charge in [-0.3, -0.25) is 0 Å². The Morgan fingerprint density at radius 1 is 1.29 bits per heavy atom. The average molecular weight is 217 g/mol. The molecule has 0 bridgehead atoms. The highest BCUT2D eigenvalue weighted by Gasteiger charge is 2.26. The molecule has 0 spiro atoms. The van der Waals surface area contributed by atoms with E-state index in [4.69, 9.17) is 4.74 Å². The van der Waals surface area contributed by atoms with Crippen LogP contribution >= 0.6 is 12.6 Å². The summed E-state index contributed by atoms with van der Waals surface area (Å²) < 4.78 is 5.49. The molecule has 0 heterocycles. The van der Waals surface area contributed by atoms with Crippen LogP contribution in [0.4, 0.5) is 0 Å². The summed E-state index contributed by atoms with van der Waals surface area (Å²) in [7, 11) is 0. The molecule has 2 nitrogen and oxygen atoms in total. The van der Waals surface area contributed by atoms with E-state index in [-0.39, 0.29) is 0 Å². The predicted molar refractivity (Wildman–Crippen MR) is 64.2 cm³/mol. The Bertz CT molecular complexity index is 139. The van der Waals surface area contributed by atoms with Gasteiger partial charge in [0.05, 0.1) is 0 Å². The van der Waals surface area contributed by atoms with E-state index in [2.05, 4.69) is 24.5 Å². The van der Waals surface area contributed by atoms with Crippen molar-refractivity contribution in [3.63, 3.8) is 0 Å². The van der Waals surface area contributed by atoms with Crippen LogP contribution in [-0.2, 0) is 4.74 Å². The molecule has 1 aliphatic carbocycles. The lowest BCUT2D eigenvalue weighted by Gasteiger charge is -2.19. The minimum absolute atomic E-state index is 0.874. The summed E-state index contributed by atoms with van der Waals surface area (Å²) in [6, 6.07) is 0.900. The highest BCUT2D eigenvalue weighted by atomic mass is 32.1. The molecular weight excluding hydrogens is 194 g/mol. The third-order valence-electron chi connectivity index (χ3n) is 2.65. The molecule has 0 atom stereocenters. The summed E-state index contributed by atoms with van der Waals surface area (Å²) in [5.41, 5.74) is 0. The molecule has 0 N–H and O–H groups in total. The lowest BCUT2D eigenvalue weighted by atomic mass is 10.4. The normalized spacial score (nSPS) is 16.5. The van der Waals surface area contributed by atoms with Crippen LogP contribution in [0.5, 0.6) is 0 Å². The molecule has 1 rings (SSSR count). The lowest BCUT2D eigenvalue weighted by Crippen LogP contribution is -2.27. The summed E-state index contributed by atoms with van der Waals surface area (Å²) in [6.07, 6.45) is 5.07. The molecule has 0 aliphatic heterocycles. The zero-order valence-corrected chi connectivity index (χ0v) is 10.1. The van der Waals surface area contributed by atoms with Crippen molar-refractivity contribution < 1.29 is 4.74 Å². The minimum Gasteiger partial charge on any atom is -0.381 e. The van der Waals surface area contributed by atoms with E-state index in [1.165, 1.54) is 32.4 Å². The van der Waals surface area contributed by atoms with Crippen LogP contribution in [0.15, 0.2) is 0 Å². The van der Waals surface area contributed by atoms with Crippen molar-refractivity contribution in [2.75, 3.05) is 32.1 Å². The van der Waals surface area contributed by atoms with E-state index in [0.717, 1.165) is 31.4 Å². The molecule has 0 saturated heterocycles. The minimum atomic E-state index is 0.874. The van der Waals surface area contributed by atoms with Crippen LogP contribution in [0.1, 0.15) is 32.6 Å². The number of hydrogen-bond donors (Lipinski definition) is 1. The highest BCUT2D eigenvalue weighted by Crippen LogP contribution is 2.26. The van der Waals surface area contributed by atoms with Crippen LogP contribution in [0.3, 0.4) is 0 Å². The Kier molecular flexibility index (Phi) is 6.65. The third-order valence-corrected chi connectivity index (χ3v) is 2.97. The number of hydrogen-bond acceptors (Lipinski definition) is 3. The molecule has 0 unspecified atom stereocenters. The van der Waals surface area contributed by atoms with E-state index < -0.39 is 0 Å². The van der Waals surface area contributed by atoms with Crippen molar-refractivity contribution >= 4 is 12.6 Å². The third kappa shape index (κ3) is 5.23. The Labute approximate surface area is 93.4 Å². The van der Waals surface area contributed by atoms with Crippen molar-refractivity contribution in [2.24, 2.45) is 0 Å². The first-order chi connectivity index (χ1) is 6.88. The molecular formula is C11H23NOS. The molecule has 14 heavy (non-hydrogen) atoms. The van der Waals surface area contributed by atoms with Gasteiger partial charge in [-0.15, -0.1) is 0 Å². The van der Waals surface area contributed by atoms with E-state index in [9.17, 15) is 0 Å². The van der Waals surface area contributed by atoms with Gasteiger partial charge in [0.15, 0.2) is 0 Å². The highest BCUT2D eigenvalue weighted by molar-refractivity contribution is 7.80. The van der Waals surface area contributed by atoms with E-state index in [1.807, 2.05) is 0 Å². The van der Waals surface area contributed by atoms with Crippen molar-refractivity contribution in [3.8, 4) is 0 Å². The summed E-state index contributed by atoms with van der Waals surface area (Å²) in [6.45, 7) is 6.44. The zero-order valence-electron chi connectivity index (χ0n) is 9.24. The van der Waals surface area contributed by atoms with Crippen molar-refractivity contribution in [2.45, 2.75) is 38.6 Å². The van der Waals surface area contributed by atoms with Gasteiger partial charge in [-0.25, -0.2) is 0 Å². The van der Waals surface area contributed by atoms with Crippen LogP contribution < -0.4 is 0 Å². The van der Waals surface area contributed by atoms with Gasteiger partial charge in [-0.05, 0) is 38.0 Å². The van der Waals surface area contributed by atoms with Crippen LogP contribution in [0, 0.1) is 0 Å². The number of ether oxygens (including phenoxy) is 1. The van der Waals surface area contributed by atoms with Crippen LogP contribution in [0.2, 0.25) is 0 Å². The molecule has 1 aliphatic rings. The quantitative estimate of drug-likeness (QED) is 0.469. The first-order valence-corrected chi connectivity index (χ1v) is 6.44. The standard InChI is InChI=1S/C11H23NOS/c1-2-12(11-5-6-11)7-3-8-13-9-4-10-14/h11,14H,2-10H2,1H3. The average Bonchev–Trinajstić information content (AvgIpc) is 3.01. The molecule has 1 fully saturated rings. The zero-order chi connectivity index (χ0) is 10.2. The fourth-order valence-electron chi connectivity index (χ4n) is 1.68. The smallest absolute Gasteiger partial charge is 0.0478 e. The molecule has 0 aromatic heterocycles. The summed E-state index contributed by atoms with van der Waals surface area (Å²) in [5, 5.41) is 0. The lowest BCUT2D eigenvalue weighted by molar-refractivity contribution is 0.121. The van der Waals surface area contributed by atoms with Gasteiger partial charge in [0, 0.05) is 25.8 Å². The number of thiol groups is 1. The molecule has 3 heteroatoms. The molecule has 0 aromatic rings. The summed E-state index contributed by atoms with van der Waals surface area (Å²) in [4.78, 5) is 2.57.